The fourth-order valence-corrected chi connectivity index (χ4v) is 3.82. The van der Waals surface area contributed by atoms with Crippen LogP contribution in [0, 0.1) is 0 Å². The first kappa shape index (κ1) is 19.4. The van der Waals surface area contributed by atoms with Crippen LogP contribution < -0.4 is 5.32 Å². The number of halogens is 1. The maximum absolute atomic E-state index is 12.4. The number of nitrogens with zero attached hydrogens (tertiary/aromatic N) is 3. The maximum Gasteiger partial charge on any atom is 0.234 e. The zero-order valence-electron chi connectivity index (χ0n) is 15.3. The predicted molar refractivity (Wildman–Crippen MR) is 120 cm³/mol. The average Bonchev–Trinajstić information content (AvgIpc) is 3.18. The zero-order chi connectivity index (χ0) is 20.1. The molecule has 4 rings (SSSR count). The predicted octanol–water partition coefficient (Wildman–Crippen LogP) is 5.43. The highest BCUT2D eigenvalue weighted by atomic mass is 79.9. The Morgan fingerprint density at radius 1 is 0.897 bits per heavy atom. The molecule has 0 atom stereocenters. The van der Waals surface area contributed by atoms with Crippen LogP contribution in [0.2, 0.25) is 0 Å². The van der Waals surface area contributed by atoms with E-state index in [2.05, 4.69) is 31.4 Å². The molecule has 0 unspecified atom stereocenters. The van der Waals surface area contributed by atoms with Crippen molar-refractivity contribution in [2.24, 2.45) is 0 Å². The van der Waals surface area contributed by atoms with Crippen molar-refractivity contribution in [3.05, 3.63) is 89.4 Å². The molecule has 1 aromatic heterocycles. The number of rotatable bonds is 6. The Labute approximate surface area is 181 Å². The molecule has 1 N–H and O–H groups in total. The van der Waals surface area contributed by atoms with Crippen molar-refractivity contribution >= 4 is 39.3 Å². The van der Waals surface area contributed by atoms with Gasteiger partial charge < -0.3 is 5.32 Å². The van der Waals surface area contributed by atoms with Crippen molar-refractivity contribution in [2.45, 2.75) is 5.16 Å². The SMILES string of the molecule is O=C(CSc1nnc(-c2ccc(Br)cc2)n1-c1ccccc1)Nc1ccccc1. The molecule has 0 radical (unpaired) electrons. The van der Waals surface area contributed by atoms with Gasteiger partial charge in [0.25, 0.3) is 0 Å². The van der Waals surface area contributed by atoms with Crippen LogP contribution in [0.15, 0.2) is 94.6 Å². The van der Waals surface area contributed by atoms with Gasteiger partial charge in [0.1, 0.15) is 0 Å². The Balaban J connectivity index is 1.60. The summed E-state index contributed by atoms with van der Waals surface area (Å²) in [5.41, 5.74) is 2.67. The van der Waals surface area contributed by atoms with E-state index in [4.69, 9.17) is 0 Å². The molecule has 0 aliphatic rings. The molecule has 29 heavy (non-hydrogen) atoms. The number of para-hydroxylation sites is 2. The van der Waals surface area contributed by atoms with Crippen LogP contribution in [0.3, 0.4) is 0 Å². The Kier molecular flexibility index (Phi) is 6.07. The van der Waals surface area contributed by atoms with Crippen molar-refractivity contribution in [2.75, 3.05) is 11.1 Å². The van der Waals surface area contributed by atoms with Gasteiger partial charge in [-0.05, 0) is 36.4 Å². The third-order valence-electron chi connectivity index (χ3n) is 4.14. The summed E-state index contributed by atoms with van der Waals surface area (Å²) >= 11 is 4.82. The molecule has 0 fully saturated rings. The molecule has 1 heterocycles. The molecule has 1 amide bonds. The number of anilines is 1. The van der Waals surface area contributed by atoms with E-state index in [0.29, 0.717) is 5.16 Å². The van der Waals surface area contributed by atoms with Crippen molar-refractivity contribution in [3.8, 4) is 17.1 Å². The number of aromatic nitrogens is 3. The minimum absolute atomic E-state index is 0.0889. The second-order valence-corrected chi connectivity index (χ2v) is 8.05. The first-order valence-electron chi connectivity index (χ1n) is 8.95. The average molecular weight is 465 g/mol. The Bertz CT molecular complexity index is 1100. The number of hydrogen-bond acceptors (Lipinski definition) is 4. The standard InChI is InChI=1S/C22H17BrN4OS/c23-17-13-11-16(12-14-17)21-25-26-22(27(21)19-9-5-2-6-10-19)29-15-20(28)24-18-7-3-1-4-8-18/h1-14H,15H2,(H,24,28). The Morgan fingerprint density at radius 3 is 2.24 bits per heavy atom. The summed E-state index contributed by atoms with van der Waals surface area (Å²) in [6, 6.07) is 27.2. The number of hydrogen-bond donors (Lipinski definition) is 1. The minimum Gasteiger partial charge on any atom is -0.325 e. The lowest BCUT2D eigenvalue weighted by Crippen LogP contribution is -2.14. The number of carbonyl (C=O) groups excluding carboxylic acids is 1. The van der Waals surface area contributed by atoms with Crippen LogP contribution in [0.25, 0.3) is 17.1 Å². The van der Waals surface area contributed by atoms with Crippen LogP contribution in [0.1, 0.15) is 0 Å². The second-order valence-electron chi connectivity index (χ2n) is 6.19. The van der Waals surface area contributed by atoms with Crippen molar-refractivity contribution in [1.29, 1.82) is 0 Å². The first-order valence-corrected chi connectivity index (χ1v) is 10.7. The van der Waals surface area contributed by atoms with Gasteiger partial charge in [0.15, 0.2) is 11.0 Å². The monoisotopic (exact) mass is 464 g/mol. The van der Waals surface area contributed by atoms with Gasteiger partial charge in [0, 0.05) is 21.4 Å². The summed E-state index contributed by atoms with van der Waals surface area (Å²) in [5.74, 6) is 0.879. The zero-order valence-corrected chi connectivity index (χ0v) is 17.7. The number of nitrogens with one attached hydrogen (secondary N) is 1. The highest BCUT2D eigenvalue weighted by Gasteiger charge is 2.17. The number of amides is 1. The summed E-state index contributed by atoms with van der Waals surface area (Å²) in [4.78, 5) is 12.4. The number of carbonyl (C=O) groups is 1. The van der Waals surface area contributed by atoms with Crippen LogP contribution in [0.4, 0.5) is 5.69 Å². The van der Waals surface area contributed by atoms with Crippen LogP contribution >= 0.6 is 27.7 Å². The van der Waals surface area contributed by atoms with E-state index in [-0.39, 0.29) is 11.7 Å². The normalized spacial score (nSPS) is 10.7. The number of benzene rings is 3. The summed E-state index contributed by atoms with van der Waals surface area (Å²) in [7, 11) is 0. The second kappa shape index (κ2) is 9.07. The third-order valence-corrected chi connectivity index (χ3v) is 5.60. The van der Waals surface area contributed by atoms with Gasteiger partial charge >= 0.3 is 0 Å². The largest absolute Gasteiger partial charge is 0.325 e. The van der Waals surface area contributed by atoms with Crippen molar-refractivity contribution < 1.29 is 4.79 Å². The lowest BCUT2D eigenvalue weighted by atomic mass is 10.2. The molecule has 144 valence electrons. The fraction of sp³-hybridized carbons (Fsp3) is 0.0455. The van der Waals surface area contributed by atoms with Crippen LogP contribution in [0.5, 0.6) is 0 Å². The molecule has 0 saturated heterocycles. The topological polar surface area (TPSA) is 59.8 Å². The highest BCUT2D eigenvalue weighted by Crippen LogP contribution is 2.28. The lowest BCUT2D eigenvalue weighted by molar-refractivity contribution is -0.113. The van der Waals surface area contributed by atoms with Gasteiger partial charge in [-0.1, -0.05) is 76.2 Å². The molecule has 5 nitrogen and oxygen atoms in total. The molecule has 0 aliphatic carbocycles. The Hall–Kier alpha value is -2.90. The third kappa shape index (κ3) is 4.75. The van der Waals surface area contributed by atoms with Crippen LogP contribution in [-0.4, -0.2) is 26.4 Å². The number of thioether (sulfide) groups is 1. The van der Waals surface area contributed by atoms with Gasteiger partial charge in [-0.2, -0.15) is 0 Å². The molecule has 0 aliphatic heterocycles. The van der Waals surface area contributed by atoms with E-state index in [1.165, 1.54) is 11.8 Å². The molecular formula is C22H17BrN4OS. The van der Waals surface area contributed by atoms with E-state index in [9.17, 15) is 4.79 Å². The van der Waals surface area contributed by atoms with Crippen LogP contribution in [-0.2, 0) is 4.79 Å². The van der Waals surface area contributed by atoms with Gasteiger partial charge in [-0.15, -0.1) is 10.2 Å². The molecule has 0 spiro atoms. The molecule has 4 aromatic rings. The molecule has 3 aromatic carbocycles. The summed E-state index contributed by atoms with van der Waals surface area (Å²) in [6.07, 6.45) is 0. The quantitative estimate of drug-likeness (QED) is 0.386. The minimum atomic E-state index is -0.0889. The fourth-order valence-electron chi connectivity index (χ4n) is 2.81. The highest BCUT2D eigenvalue weighted by molar-refractivity contribution is 9.10. The van der Waals surface area contributed by atoms with E-state index in [1.807, 2.05) is 89.5 Å². The first-order chi connectivity index (χ1) is 14.2. The van der Waals surface area contributed by atoms with Crippen molar-refractivity contribution in [1.82, 2.24) is 14.8 Å². The van der Waals surface area contributed by atoms with Crippen molar-refractivity contribution in [3.63, 3.8) is 0 Å². The lowest BCUT2D eigenvalue weighted by Gasteiger charge is -2.10. The molecule has 0 bridgehead atoms. The van der Waals surface area contributed by atoms with E-state index >= 15 is 0 Å². The van der Waals surface area contributed by atoms with Gasteiger partial charge in [-0.25, -0.2) is 0 Å². The maximum atomic E-state index is 12.4. The van der Waals surface area contributed by atoms with Gasteiger partial charge in [-0.3, -0.25) is 9.36 Å². The molecule has 0 saturated carbocycles. The van der Waals surface area contributed by atoms with Gasteiger partial charge in [0.05, 0.1) is 5.75 Å². The van der Waals surface area contributed by atoms with Gasteiger partial charge in [0.2, 0.25) is 5.91 Å². The molecular weight excluding hydrogens is 448 g/mol. The van der Waals surface area contributed by atoms with E-state index < -0.39 is 0 Å². The Morgan fingerprint density at radius 2 is 1.55 bits per heavy atom. The van der Waals surface area contributed by atoms with E-state index in [0.717, 1.165) is 27.2 Å². The summed E-state index contributed by atoms with van der Waals surface area (Å²) in [5, 5.41) is 12.3. The smallest absolute Gasteiger partial charge is 0.234 e. The molecule has 7 heteroatoms. The summed E-state index contributed by atoms with van der Waals surface area (Å²) in [6.45, 7) is 0. The van der Waals surface area contributed by atoms with E-state index in [1.54, 1.807) is 0 Å². The summed E-state index contributed by atoms with van der Waals surface area (Å²) < 4.78 is 2.98.